The lowest BCUT2D eigenvalue weighted by molar-refractivity contribution is -0.138. The van der Waals surface area contributed by atoms with E-state index >= 15 is 0 Å². The minimum atomic E-state index is -0.0557. The van der Waals surface area contributed by atoms with Gasteiger partial charge in [0.2, 0.25) is 5.91 Å². The van der Waals surface area contributed by atoms with Crippen molar-refractivity contribution in [2.45, 2.75) is 32.5 Å². The van der Waals surface area contributed by atoms with Crippen molar-refractivity contribution < 1.29 is 4.79 Å². The zero-order valence-corrected chi connectivity index (χ0v) is 18.3. The van der Waals surface area contributed by atoms with E-state index in [1.807, 2.05) is 11.0 Å². The number of carbonyl (C=O) groups excluding carboxylic acids is 1. The molecule has 1 atom stereocenters. The van der Waals surface area contributed by atoms with E-state index in [-0.39, 0.29) is 11.9 Å². The van der Waals surface area contributed by atoms with Gasteiger partial charge in [0.05, 0.1) is 22.8 Å². The van der Waals surface area contributed by atoms with Gasteiger partial charge in [-0.3, -0.25) is 14.6 Å². The third-order valence-corrected chi connectivity index (χ3v) is 7.47. The average molecular weight is 421 g/mol. The summed E-state index contributed by atoms with van der Waals surface area (Å²) in [6, 6.07) is 16.8. The molecule has 0 bridgehead atoms. The highest BCUT2D eigenvalue weighted by Crippen LogP contribution is 2.24. The first kappa shape index (κ1) is 19.7. The average Bonchev–Trinajstić information content (AvgIpc) is 3.20. The van der Waals surface area contributed by atoms with Gasteiger partial charge in [-0.15, -0.1) is 11.3 Å². The number of aromatic nitrogens is 1. The summed E-state index contributed by atoms with van der Waals surface area (Å²) in [7, 11) is 0. The summed E-state index contributed by atoms with van der Waals surface area (Å²) >= 11 is 1.79. The van der Waals surface area contributed by atoms with Crippen LogP contribution in [0.1, 0.15) is 23.1 Å². The number of thiazole rings is 1. The van der Waals surface area contributed by atoms with Crippen molar-refractivity contribution >= 4 is 27.5 Å². The molecule has 0 spiro atoms. The SMILES string of the molecule is CC(C(=O)N1CCc2ccccc2C1)N1CCN(Cc2nc3ccccc3s2)CC1. The fraction of sp³-hybridized carbons (Fsp3) is 0.417. The second kappa shape index (κ2) is 8.46. The number of piperazine rings is 1. The van der Waals surface area contributed by atoms with Crippen LogP contribution in [0.4, 0.5) is 0 Å². The Hall–Kier alpha value is -2.28. The highest BCUT2D eigenvalue weighted by atomic mass is 32.1. The molecule has 1 saturated heterocycles. The van der Waals surface area contributed by atoms with Gasteiger partial charge in [-0.2, -0.15) is 0 Å². The molecular formula is C24H28N4OS. The van der Waals surface area contributed by atoms with Gasteiger partial charge in [0.15, 0.2) is 0 Å². The molecule has 6 heteroatoms. The van der Waals surface area contributed by atoms with E-state index in [4.69, 9.17) is 4.98 Å². The molecule has 1 unspecified atom stereocenters. The second-order valence-corrected chi connectivity index (χ2v) is 9.46. The topological polar surface area (TPSA) is 39.7 Å². The molecule has 1 amide bonds. The maximum atomic E-state index is 13.1. The van der Waals surface area contributed by atoms with Crippen LogP contribution in [0.25, 0.3) is 10.2 Å². The highest BCUT2D eigenvalue weighted by molar-refractivity contribution is 7.18. The van der Waals surface area contributed by atoms with Gasteiger partial charge < -0.3 is 4.90 Å². The molecule has 0 aliphatic carbocycles. The van der Waals surface area contributed by atoms with E-state index in [1.165, 1.54) is 20.8 Å². The van der Waals surface area contributed by atoms with E-state index in [2.05, 4.69) is 59.2 Å². The van der Waals surface area contributed by atoms with Crippen LogP contribution in [-0.4, -0.2) is 64.4 Å². The summed E-state index contributed by atoms with van der Waals surface area (Å²) < 4.78 is 1.26. The molecule has 0 radical (unpaired) electrons. The first-order chi connectivity index (χ1) is 14.7. The number of nitrogens with zero attached hydrogens (tertiary/aromatic N) is 4. The Bertz CT molecular complexity index is 1010. The molecule has 1 fully saturated rings. The number of para-hydroxylation sites is 1. The standard InChI is InChI=1S/C24H28N4OS/c1-18(24(29)28-11-10-19-6-2-3-7-20(19)16-28)27-14-12-26(13-15-27)17-23-25-21-8-4-5-9-22(21)30-23/h2-9,18H,10-17H2,1H3. The summed E-state index contributed by atoms with van der Waals surface area (Å²) in [6.45, 7) is 8.39. The maximum Gasteiger partial charge on any atom is 0.239 e. The predicted octanol–water partition coefficient (Wildman–Crippen LogP) is 3.39. The van der Waals surface area contributed by atoms with Crippen LogP contribution < -0.4 is 0 Å². The Kier molecular flexibility index (Phi) is 5.54. The van der Waals surface area contributed by atoms with Crippen molar-refractivity contribution in [3.8, 4) is 0 Å². The van der Waals surface area contributed by atoms with Crippen LogP contribution >= 0.6 is 11.3 Å². The molecule has 0 saturated carbocycles. The summed E-state index contributed by atoms with van der Waals surface area (Å²) in [6.07, 6.45) is 0.963. The summed E-state index contributed by atoms with van der Waals surface area (Å²) in [5, 5.41) is 1.18. The van der Waals surface area contributed by atoms with Crippen LogP contribution in [-0.2, 0) is 24.3 Å². The van der Waals surface area contributed by atoms with Gasteiger partial charge in [0, 0.05) is 39.3 Å². The van der Waals surface area contributed by atoms with Crippen molar-refractivity contribution in [3.63, 3.8) is 0 Å². The lowest BCUT2D eigenvalue weighted by Crippen LogP contribution is -2.54. The van der Waals surface area contributed by atoms with E-state index in [0.29, 0.717) is 0 Å². The minimum absolute atomic E-state index is 0.0557. The van der Waals surface area contributed by atoms with Gasteiger partial charge in [-0.05, 0) is 36.6 Å². The normalized spacial score (nSPS) is 19.0. The van der Waals surface area contributed by atoms with E-state index in [9.17, 15) is 4.79 Å². The number of hydrogen-bond acceptors (Lipinski definition) is 5. The molecule has 2 aromatic carbocycles. The lowest BCUT2D eigenvalue weighted by atomic mass is 9.99. The predicted molar refractivity (Wildman–Crippen MR) is 121 cm³/mol. The molecule has 3 heterocycles. The zero-order valence-electron chi connectivity index (χ0n) is 17.5. The Balaban J connectivity index is 1.15. The van der Waals surface area contributed by atoms with Gasteiger partial charge in [0.1, 0.15) is 5.01 Å². The summed E-state index contributed by atoms with van der Waals surface area (Å²) in [4.78, 5) is 24.8. The molecule has 2 aliphatic heterocycles. The van der Waals surface area contributed by atoms with Crippen LogP contribution in [0.15, 0.2) is 48.5 Å². The molecular weight excluding hydrogens is 392 g/mol. The van der Waals surface area contributed by atoms with Gasteiger partial charge >= 0.3 is 0 Å². The summed E-state index contributed by atoms with van der Waals surface area (Å²) in [5.74, 6) is 0.268. The lowest BCUT2D eigenvalue weighted by Gasteiger charge is -2.39. The second-order valence-electron chi connectivity index (χ2n) is 8.34. The Morgan fingerprint density at radius 1 is 1.00 bits per heavy atom. The van der Waals surface area contributed by atoms with E-state index < -0.39 is 0 Å². The third-order valence-electron chi connectivity index (χ3n) is 6.45. The third kappa shape index (κ3) is 4.00. The molecule has 156 valence electrons. The molecule has 0 N–H and O–H groups in total. The number of rotatable bonds is 4. The molecule has 3 aromatic rings. The number of amides is 1. The zero-order chi connectivity index (χ0) is 20.5. The molecule has 1 aromatic heterocycles. The van der Waals surface area contributed by atoms with Gasteiger partial charge in [-0.1, -0.05) is 36.4 Å². The quantitative estimate of drug-likeness (QED) is 0.649. The monoisotopic (exact) mass is 420 g/mol. The van der Waals surface area contributed by atoms with Gasteiger partial charge in [-0.25, -0.2) is 4.98 Å². The van der Waals surface area contributed by atoms with Crippen molar-refractivity contribution in [1.29, 1.82) is 0 Å². The summed E-state index contributed by atoms with van der Waals surface area (Å²) in [5.41, 5.74) is 3.78. The van der Waals surface area contributed by atoms with E-state index in [0.717, 1.165) is 57.8 Å². The fourth-order valence-electron chi connectivity index (χ4n) is 4.59. The Morgan fingerprint density at radius 2 is 1.73 bits per heavy atom. The number of hydrogen-bond donors (Lipinski definition) is 0. The first-order valence-corrected chi connectivity index (χ1v) is 11.7. The fourth-order valence-corrected chi connectivity index (χ4v) is 5.60. The van der Waals surface area contributed by atoms with Crippen LogP contribution in [0.3, 0.4) is 0 Å². The molecule has 5 nitrogen and oxygen atoms in total. The largest absolute Gasteiger partial charge is 0.337 e. The Morgan fingerprint density at radius 3 is 2.53 bits per heavy atom. The Labute approximate surface area is 181 Å². The number of fused-ring (bicyclic) bond motifs is 2. The van der Waals surface area contributed by atoms with Crippen molar-refractivity contribution in [2.75, 3.05) is 32.7 Å². The smallest absolute Gasteiger partial charge is 0.239 e. The first-order valence-electron chi connectivity index (χ1n) is 10.8. The molecule has 5 rings (SSSR count). The van der Waals surface area contributed by atoms with E-state index in [1.54, 1.807) is 11.3 Å². The van der Waals surface area contributed by atoms with Crippen molar-refractivity contribution in [2.24, 2.45) is 0 Å². The number of benzene rings is 2. The highest BCUT2D eigenvalue weighted by Gasteiger charge is 2.30. The van der Waals surface area contributed by atoms with Crippen LogP contribution in [0, 0.1) is 0 Å². The number of carbonyl (C=O) groups is 1. The van der Waals surface area contributed by atoms with Crippen molar-refractivity contribution in [1.82, 2.24) is 19.7 Å². The van der Waals surface area contributed by atoms with Crippen LogP contribution in [0.2, 0.25) is 0 Å². The molecule has 30 heavy (non-hydrogen) atoms. The van der Waals surface area contributed by atoms with Crippen molar-refractivity contribution in [3.05, 3.63) is 64.7 Å². The maximum absolute atomic E-state index is 13.1. The van der Waals surface area contributed by atoms with Gasteiger partial charge in [0.25, 0.3) is 0 Å². The van der Waals surface area contributed by atoms with Crippen LogP contribution in [0.5, 0.6) is 0 Å². The molecule has 2 aliphatic rings. The minimum Gasteiger partial charge on any atom is -0.337 e.